The molecule has 0 heterocycles. The van der Waals surface area contributed by atoms with Crippen molar-refractivity contribution in [2.24, 2.45) is 5.73 Å². The molecular formula is C14H19NO2. The molecule has 17 heavy (non-hydrogen) atoms. The second-order valence-electron chi connectivity index (χ2n) is 5.17. The van der Waals surface area contributed by atoms with Crippen molar-refractivity contribution in [1.29, 1.82) is 0 Å². The van der Waals surface area contributed by atoms with E-state index in [1.807, 2.05) is 19.9 Å². The fourth-order valence-electron chi connectivity index (χ4n) is 2.81. The number of hydrogen-bond acceptors (Lipinski definition) is 2. The number of ether oxygens (including phenoxy) is 1. The molecule has 0 saturated carbocycles. The number of carbonyl (C=O) groups is 1. The highest BCUT2D eigenvalue weighted by molar-refractivity contribution is 5.65. The standard InChI is InChI=1S/C14H19NO2/c1-14(2,17-13(15)16)12-9-5-7-10-6-3-4-8-11(10)12/h3-4,6,8,12H,5,7,9H2,1-2H3,(H2,15,16). The highest BCUT2D eigenvalue weighted by Crippen LogP contribution is 2.40. The van der Waals surface area contributed by atoms with Crippen LogP contribution in [0, 0.1) is 0 Å². The summed E-state index contributed by atoms with van der Waals surface area (Å²) in [5, 5.41) is 0. The van der Waals surface area contributed by atoms with E-state index in [9.17, 15) is 4.79 Å². The van der Waals surface area contributed by atoms with Gasteiger partial charge >= 0.3 is 6.09 Å². The van der Waals surface area contributed by atoms with Gasteiger partial charge < -0.3 is 10.5 Å². The lowest BCUT2D eigenvalue weighted by molar-refractivity contribution is 0.0193. The number of hydrogen-bond donors (Lipinski definition) is 1. The third-order valence-electron chi connectivity index (χ3n) is 3.57. The zero-order valence-corrected chi connectivity index (χ0v) is 10.4. The van der Waals surface area contributed by atoms with Crippen LogP contribution in [0.4, 0.5) is 4.79 Å². The van der Waals surface area contributed by atoms with Gasteiger partial charge in [-0.2, -0.15) is 0 Å². The average Bonchev–Trinajstić information content (AvgIpc) is 2.26. The minimum Gasteiger partial charge on any atom is -0.443 e. The molecule has 3 nitrogen and oxygen atoms in total. The summed E-state index contributed by atoms with van der Waals surface area (Å²) in [7, 11) is 0. The molecule has 1 aliphatic carbocycles. The maximum Gasteiger partial charge on any atom is 0.405 e. The van der Waals surface area contributed by atoms with Crippen LogP contribution in [0.2, 0.25) is 0 Å². The highest BCUT2D eigenvalue weighted by atomic mass is 16.6. The first-order valence-electron chi connectivity index (χ1n) is 6.07. The first-order chi connectivity index (χ1) is 8.00. The Morgan fingerprint density at radius 2 is 2.12 bits per heavy atom. The van der Waals surface area contributed by atoms with Gasteiger partial charge in [0, 0.05) is 5.92 Å². The van der Waals surface area contributed by atoms with Gasteiger partial charge in [0.1, 0.15) is 5.60 Å². The summed E-state index contributed by atoms with van der Waals surface area (Å²) in [5.74, 6) is 0.236. The predicted octanol–water partition coefficient (Wildman–Crippen LogP) is 2.98. The van der Waals surface area contributed by atoms with Gasteiger partial charge in [-0.1, -0.05) is 24.3 Å². The second-order valence-corrected chi connectivity index (χ2v) is 5.17. The van der Waals surface area contributed by atoms with Gasteiger partial charge in [-0.3, -0.25) is 0 Å². The Kier molecular flexibility index (Phi) is 3.09. The van der Waals surface area contributed by atoms with Crippen molar-refractivity contribution in [3.8, 4) is 0 Å². The van der Waals surface area contributed by atoms with E-state index < -0.39 is 11.7 Å². The molecule has 2 N–H and O–H groups in total. The van der Waals surface area contributed by atoms with E-state index in [1.165, 1.54) is 11.1 Å². The Balaban J connectivity index is 2.32. The van der Waals surface area contributed by atoms with Crippen molar-refractivity contribution in [1.82, 2.24) is 0 Å². The highest BCUT2D eigenvalue weighted by Gasteiger charge is 2.36. The number of fused-ring (bicyclic) bond motifs is 1. The maximum absolute atomic E-state index is 11.0. The van der Waals surface area contributed by atoms with Gasteiger partial charge in [0.05, 0.1) is 0 Å². The van der Waals surface area contributed by atoms with Crippen LogP contribution in [0.3, 0.4) is 0 Å². The second kappa shape index (κ2) is 4.40. The predicted molar refractivity (Wildman–Crippen MR) is 66.9 cm³/mol. The molecule has 0 radical (unpaired) electrons. The molecule has 2 rings (SSSR count). The number of nitrogens with two attached hydrogens (primary N) is 1. The minimum absolute atomic E-state index is 0.236. The average molecular weight is 233 g/mol. The van der Waals surface area contributed by atoms with E-state index in [2.05, 4.69) is 18.2 Å². The van der Waals surface area contributed by atoms with Crippen molar-refractivity contribution in [3.63, 3.8) is 0 Å². The molecule has 1 amide bonds. The minimum atomic E-state index is -0.696. The quantitative estimate of drug-likeness (QED) is 0.853. The largest absolute Gasteiger partial charge is 0.443 e. The van der Waals surface area contributed by atoms with E-state index in [1.54, 1.807) is 0 Å². The molecule has 0 saturated heterocycles. The maximum atomic E-state index is 11.0. The Labute approximate surface area is 102 Å². The van der Waals surface area contributed by atoms with Crippen LogP contribution in [0.25, 0.3) is 0 Å². The van der Waals surface area contributed by atoms with Crippen molar-refractivity contribution < 1.29 is 9.53 Å². The van der Waals surface area contributed by atoms with E-state index in [0.717, 1.165) is 19.3 Å². The Bertz CT molecular complexity index is 426. The van der Waals surface area contributed by atoms with Crippen molar-refractivity contribution in [3.05, 3.63) is 35.4 Å². The fourth-order valence-corrected chi connectivity index (χ4v) is 2.81. The molecule has 0 aliphatic heterocycles. The lowest BCUT2D eigenvalue weighted by Crippen LogP contribution is -2.38. The lowest BCUT2D eigenvalue weighted by atomic mass is 9.74. The molecule has 0 fully saturated rings. The summed E-state index contributed by atoms with van der Waals surface area (Å²) in [5.41, 5.74) is 7.27. The summed E-state index contributed by atoms with van der Waals surface area (Å²) in [6.07, 6.45) is 2.59. The molecule has 0 bridgehead atoms. The van der Waals surface area contributed by atoms with Crippen LogP contribution in [0.15, 0.2) is 24.3 Å². The van der Waals surface area contributed by atoms with Crippen molar-refractivity contribution in [2.45, 2.75) is 44.6 Å². The lowest BCUT2D eigenvalue weighted by Gasteiger charge is -2.37. The Morgan fingerprint density at radius 1 is 1.41 bits per heavy atom. The summed E-state index contributed by atoms with van der Waals surface area (Å²) in [6.45, 7) is 3.87. The first-order valence-corrected chi connectivity index (χ1v) is 6.07. The number of carbonyl (C=O) groups excluding carboxylic acids is 1. The number of benzene rings is 1. The van der Waals surface area contributed by atoms with Gasteiger partial charge in [-0.05, 0) is 44.2 Å². The molecule has 1 atom stereocenters. The first kappa shape index (κ1) is 12.0. The summed E-state index contributed by atoms with van der Waals surface area (Å²) >= 11 is 0. The van der Waals surface area contributed by atoms with E-state index in [4.69, 9.17) is 10.5 Å². The molecule has 1 aromatic rings. The van der Waals surface area contributed by atoms with Crippen LogP contribution in [-0.4, -0.2) is 11.7 Å². The third-order valence-corrected chi connectivity index (χ3v) is 3.57. The normalized spacial score (nSPS) is 19.5. The Morgan fingerprint density at radius 3 is 2.82 bits per heavy atom. The molecule has 3 heteroatoms. The summed E-state index contributed by atoms with van der Waals surface area (Å²) in [4.78, 5) is 11.0. The Hall–Kier alpha value is -1.51. The van der Waals surface area contributed by atoms with E-state index in [-0.39, 0.29) is 5.92 Å². The number of rotatable bonds is 2. The molecule has 1 unspecified atom stereocenters. The molecule has 0 spiro atoms. The zero-order chi connectivity index (χ0) is 12.5. The monoisotopic (exact) mass is 233 g/mol. The van der Waals surface area contributed by atoms with Crippen LogP contribution in [0.1, 0.15) is 43.7 Å². The number of aryl methyl sites for hydroxylation is 1. The molecule has 1 aromatic carbocycles. The van der Waals surface area contributed by atoms with Crippen LogP contribution < -0.4 is 5.73 Å². The van der Waals surface area contributed by atoms with Crippen molar-refractivity contribution in [2.75, 3.05) is 0 Å². The van der Waals surface area contributed by atoms with Gasteiger partial charge in [0.15, 0.2) is 0 Å². The van der Waals surface area contributed by atoms with Gasteiger partial charge in [-0.25, -0.2) is 4.79 Å². The molecule has 1 aliphatic rings. The summed E-state index contributed by atoms with van der Waals surface area (Å²) < 4.78 is 5.27. The van der Waals surface area contributed by atoms with Crippen LogP contribution in [-0.2, 0) is 11.2 Å². The summed E-state index contributed by atoms with van der Waals surface area (Å²) in [6, 6.07) is 8.38. The van der Waals surface area contributed by atoms with Gasteiger partial charge in [0.2, 0.25) is 0 Å². The fraction of sp³-hybridized carbons (Fsp3) is 0.500. The number of primary amides is 1. The SMILES string of the molecule is CC(C)(OC(N)=O)C1CCCc2ccccc21. The molecule has 0 aromatic heterocycles. The van der Waals surface area contributed by atoms with Gasteiger partial charge in [0.25, 0.3) is 0 Å². The third kappa shape index (κ3) is 2.43. The molecular weight excluding hydrogens is 214 g/mol. The van der Waals surface area contributed by atoms with E-state index in [0.29, 0.717) is 0 Å². The van der Waals surface area contributed by atoms with Crippen molar-refractivity contribution >= 4 is 6.09 Å². The van der Waals surface area contributed by atoms with Crippen LogP contribution >= 0.6 is 0 Å². The topological polar surface area (TPSA) is 52.3 Å². The number of amides is 1. The van der Waals surface area contributed by atoms with E-state index >= 15 is 0 Å². The zero-order valence-electron chi connectivity index (χ0n) is 10.4. The smallest absolute Gasteiger partial charge is 0.405 e. The molecule has 92 valence electrons. The van der Waals surface area contributed by atoms with Gasteiger partial charge in [-0.15, -0.1) is 0 Å². The van der Waals surface area contributed by atoms with Crippen LogP contribution in [0.5, 0.6) is 0 Å².